The number of carbonyl (C=O) groups is 1. The number of ether oxygens (including phenoxy) is 1. The zero-order valence-electron chi connectivity index (χ0n) is 19.9. The second-order valence-corrected chi connectivity index (χ2v) is 9.96. The predicted molar refractivity (Wildman–Crippen MR) is 136 cm³/mol. The summed E-state index contributed by atoms with van der Waals surface area (Å²) in [7, 11) is 0. The van der Waals surface area contributed by atoms with Gasteiger partial charge in [0, 0.05) is 19.1 Å². The van der Waals surface area contributed by atoms with Gasteiger partial charge >= 0.3 is 0 Å². The van der Waals surface area contributed by atoms with Crippen LogP contribution in [0, 0.1) is 0 Å². The fourth-order valence-corrected chi connectivity index (χ4v) is 4.79. The van der Waals surface area contributed by atoms with Crippen LogP contribution < -0.4 is 10.2 Å². The van der Waals surface area contributed by atoms with Gasteiger partial charge in [0.1, 0.15) is 0 Å². The second-order valence-electron chi connectivity index (χ2n) is 8.65. The molecule has 7 nitrogen and oxygen atoms in total. The van der Waals surface area contributed by atoms with Gasteiger partial charge in [0.05, 0.1) is 25.0 Å². The molecule has 180 valence electrons. The number of nitrogens with one attached hydrogen (secondary N) is 1. The molecule has 0 aliphatic carbocycles. The molecule has 1 saturated heterocycles. The molecule has 1 N–H and O–H groups in total. The number of thioether (sulfide) groups is 1. The summed E-state index contributed by atoms with van der Waals surface area (Å²) in [6.07, 6.45) is 1.84. The van der Waals surface area contributed by atoms with Crippen LogP contribution in [0.25, 0.3) is 0 Å². The number of hydrogen-bond acceptors (Lipinski definition) is 6. The molecule has 2 heterocycles. The molecule has 2 unspecified atom stereocenters. The SMILES string of the molecule is CC(CCc1ccccc1)NC(=O)C(C)Sc1nnc(N2CCOCC2)n1Cc1ccccc1. The Morgan fingerprint density at radius 1 is 1.00 bits per heavy atom. The molecule has 0 bridgehead atoms. The minimum atomic E-state index is -0.282. The molecule has 1 aliphatic rings. The molecule has 8 heteroatoms. The third-order valence-electron chi connectivity index (χ3n) is 5.92. The molecule has 2 atom stereocenters. The first-order chi connectivity index (χ1) is 16.6. The number of carbonyl (C=O) groups excluding carboxylic acids is 1. The zero-order valence-corrected chi connectivity index (χ0v) is 20.7. The van der Waals surface area contributed by atoms with Gasteiger partial charge in [-0.1, -0.05) is 72.4 Å². The van der Waals surface area contributed by atoms with E-state index in [0.29, 0.717) is 19.8 Å². The monoisotopic (exact) mass is 479 g/mol. The lowest BCUT2D eigenvalue weighted by Crippen LogP contribution is -2.38. The van der Waals surface area contributed by atoms with Crippen LogP contribution in [0.5, 0.6) is 0 Å². The van der Waals surface area contributed by atoms with Crippen molar-refractivity contribution in [1.29, 1.82) is 0 Å². The fraction of sp³-hybridized carbons (Fsp3) is 0.423. The largest absolute Gasteiger partial charge is 0.378 e. The molecule has 2 aromatic carbocycles. The maximum absolute atomic E-state index is 12.9. The molecule has 4 rings (SSSR count). The molecule has 34 heavy (non-hydrogen) atoms. The highest BCUT2D eigenvalue weighted by Gasteiger charge is 2.24. The van der Waals surface area contributed by atoms with Gasteiger partial charge in [-0.15, -0.1) is 10.2 Å². The van der Waals surface area contributed by atoms with E-state index in [1.165, 1.54) is 22.9 Å². The van der Waals surface area contributed by atoms with Crippen molar-refractivity contribution in [1.82, 2.24) is 20.1 Å². The molecule has 0 radical (unpaired) electrons. The van der Waals surface area contributed by atoms with Gasteiger partial charge in [0.2, 0.25) is 11.9 Å². The van der Waals surface area contributed by atoms with E-state index in [4.69, 9.17) is 4.74 Å². The zero-order chi connectivity index (χ0) is 23.8. The maximum atomic E-state index is 12.9. The highest BCUT2D eigenvalue weighted by Crippen LogP contribution is 2.27. The van der Waals surface area contributed by atoms with Crippen LogP contribution in [0.3, 0.4) is 0 Å². The van der Waals surface area contributed by atoms with Crippen LogP contribution in [0.2, 0.25) is 0 Å². The number of rotatable bonds is 10. The molecule has 1 aromatic heterocycles. The molecule has 1 aliphatic heterocycles. The Bertz CT molecular complexity index is 1040. The van der Waals surface area contributed by atoms with Crippen molar-refractivity contribution in [3.63, 3.8) is 0 Å². The van der Waals surface area contributed by atoms with E-state index in [9.17, 15) is 4.79 Å². The number of amides is 1. The van der Waals surface area contributed by atoms with Gasteiger partial charge < -0.3 is 15.0 Å². The number of morpholine rings is 1. The Hall–Kier alpha value is -2.84. The quantitative estimate of drug-likeness (QED) is 0.446. The lowest BCUT2D eigenvalue weighted by molar-refractivity contribution is -0.120. The Labute approximate surface area is 205 Å². The summed E-state index contributed by atoms with van der Waals surface area (Å²) in [6, 6.07) is 20.8. The average molecular weight is 480 g/mol. The lowest BCUT2D eigenvalue weighted by atomic mass is 10.1. The summed E-state index contributed by atoms with van der Waals surface area (Å²) in [4.78, 5) is 15.1. The molecule has 0 spiro atoms. The number of aryl methyl sites for hydroxylation is 1. The maximum Gasteiger partial charge on any atom is 0.233 e. The van der Waals surface area contributed by atoms with E-state index in [0.717, 1.165) is 37.0 Å². The Balaban J connectivity index is 1.41. The van der Waals surface area contributed by atoms with Crippen molar-refractivity contribution in [2.45, 2.75) is 49.7 Å². The minimum absolute atomic E-state index is 0.0211. The van der Waals surface area contributed by atoms with Crippen molar-refractivity contribution in [3.05, 3.63) is 71.8 Å². The Kier molecular flexibility index (Phi) is 8.60. The van der Waals surface area contributed by atoms with Gasteiger partial charge in [0.15, 0.2) is 5.16 Å². The molecular formula is C26H33N5O2S. The average Bonchev–Trinajstić information content (AvgIpc) is 3.26. The Morgan fingerprint density at radius 2 is 1.65 bits per heavy atom. The first kappa shape index (κ1) is 24.3. The number of hydrogen-bond donors (Lipinski definition) is 1. The van der Waals surface area contributed by atoms with Crippen molar-refractivity contribution in [2.24, 2.45) is 0 Å². The predicted octanol–water partition coefficient (Wildman–Crippen LogP) is 3.78. The van der Waals surface area contributed by atoms with Crippen LogP contribution in [0.15, 0.2) is 65.8 Å². The van der Waals surface area contributed by atoms with E-state index >= 15 is 0 Å². The molecule has 3 aromatic rings. The molecule has 0 saturated carbocycles. The van der Waals surface area contributed by atoms with Crippen LogP contribution in [0.1, 0.15) is 31.4 Å². The third kappa shape index (κ3) is 6.61. The summed E-state index contributed by atoms with van der Waals surface area (Å²) in [5.41, 5.74) is 2.46. The number of anilines is 1. The van der Waals surface area contributed by atoms with Crippen LogP contribution in [-0.4, -0.2) is 58.3 Å². The molecular weight excluding hydrogens is 446 g/mol. The third-order valence-corrected chi connectivity index (χ3v) is 7.00. The summed E-state index contributed by atoms with van der Waals surface area (Å²) in [6.45, 7) is 7.58. The van der Waals surface area contributed by atoms with E-state index in [1.54, 1.807) is 0 Å². The van der Waals surface area contributed by atoms with Gasteiger partial charge in [-0.25, -0.2) is 0 Å². The van der Waals surface area contributed by atoms with Crippen molar-refractivity contribution >= 4 is 23.6 Å². The van der Waals surface area contributed by atoms with Crippen molar-refractivity contribution in [3.8, 4) is 0 Å². The highest BCUT2D eigenvalue weighted by molar-refractivity contribution is 8.00. The van der Waals surface area contributed by atoms with Gasteiger partial charge in [-0.05, 0) is 37.8 Å². The lowest BCUT2D eigenvalue weighted by Gasteiger charge is -2.28. The normalized spacial score (nSPS) is 15.6. The fourth-order valence-electron chi connectivity index (χ4n) is 3.94. The van der Waals surface area contributed by atoms with Crippen molar-refractivity contribution in [2.75, 3.05) is 31.2 Å². The molecule has 1 fully saturated rings. The van der Waals surface area contributed by atoms with Gasteiger partial charge in [-0.2, -0.15) is 0 Å². The smallest absolute Gasteiger partial charge is 0.233 e. The summed E-state index contributed by atoms with van der Waals surface area (Å²) >= 11 is 1.46. The summed E-state index contributed by atoms with van der Waals surface area (Å²) < 4.78 is 7.63. The number of aromatic nitrogens is 3. The van der Waals surface area contributed by atoms with Gasteiger partial charge in [0.25, 0.3) is 0 Å². The van der Waals surface area contributed by atoms with E-state index in [-0.39, 0.29) is 17.2 Å². The topological polar surface area (TPSA) is 72.3 Å². The van der Waals surface area contributed by atoms with Crippen LogP contribution in [0.4, 0.5) is 5.95 Å². The summed E-state index contributed by atoms with van der Waals surface area (Å²) in [5.74, 6) is 0.853. The van der Waals surface area contributed by atoms with Crippen molar-refractivity contribution < 1.29 is 9.53 Å². The van der Waals surface area contributed by atoms with E-state index in [1.807, 2.05) is 43.3 Å². The first-order valence-electron chi connectivity index (χ1n) is 11.9. The van der Waals surface area contributed by atoms with E-state index < -0.39 is 0 Å². The number of nitrogens with zero attached hydrogens (tertiary/aromatic N) is 4. The minimum Gasteiger partial charge on any atom is -0.378 e. The van der Waals surface area contributed by atoms with Crippen LogP contribution >= 0.6 is 11.8 Å². The highest BCUT2D eigenvalue weighted by atomic mass is 32.2. The number of benzene rings is 2. The van der Waals surface area contributed by atoms with E-state index in [2.05, 4.69) is 56.2 Å². The standard InChI is InChI=1S/C26H33N5O2S/c1-20(13-14-22-9-5-3-6-10-22)27-24(32)21(2)34-26-29-28-25(30-15-17-33-18-16-30)31(26)19-23-11-7-4-8-12-23/h3-12,20-21H,13-19H2,1-2H3,(H,27,32). The Morgan fingerprint density at radius 3 is 2.32 bits per heavy atom. The first-order valence-corrected chi connectivity index (χ1v) is 12.8. The van der Waals surface area contributed by atoms with Gasteiger partial charge in [-0.3, -0.25) is 9.36 Å². The second kappa shape index (κ2) is 12.0. The molecule has 1 amide bonds. The van der Waals surface area contributed by atoms with Crippen LogP contribution in [-0.2, 0) is 22.5 Å². The summed E-state index contributed by atoms with van der Waals surface area (Å²) in [5, 5.41) is 12.6.